The maximum absolute atomic E-state index is 11.7. The van der Waals surface area contributed by atoms with Crippen molar-refractivity contribution in [2.45, 2.75) is 38.2 Å². The Kier molecular flexibility index (Phi) is 5.08. The highest BCUT2D eigenvalue weighted by Gasteiger charge is 2.14. The quantitative estimate of drug-likeness (QED) is 0.838. The van der Waals surface area contributed by atoms with Crippen LogP contribution in [0.3, 0.4) is 0 Å². The van der Waals surface area contributed by atoms with E-state index in [1.54, 1.807) is 6.07 Å². The number of rotatable bonds is 5. The average molecular weight is 272 g/mol. The van der Waals surface area contributed by atoms with Crippen LogP contribution in [0.1, 0.15) is 42.5 Å². The average Bonchev–Trinajstić information content (AvgIpc) is 2.82. The minimum atomic E-state index is -0.221. The summed E-state index contributed by atoms with van der Waals surface area (Å²) in [6, 6.07) is 1.56. The largest absolute Gasteiger partial charge is 0.452 e. The third-order valence-electron chi connectivity index (χ3n) is 3.16. The molecule has 0 aliphatic heterocycles. The highest BCUT2D eigenvalue weighted by Crippen LogP contribution is 2.20. The van der Waals surface area contributed by atoms with E-state index in [0.717, 1.165) is 12.8 Å². The summed E-state index contributed by atoms with van der Waals surface area (Å²) in [7, 11) is 0. The summed E-state index contributed by atoms with van der Waals surface area (Å²) in [6.45, 7) is 1.04. The summed E-state index contributed by atoms with van der Waals surface area (Å²) in [5, 5.41) is 2.88. The van der Waals surface area contributed by atoms with E-state index in [-0.39, 0.29) is 11.1 Å². The maximum Gasteiger partial charge on any atom is 0.256 e. The van der Waals surface area contributed by atoms with Gasteiger partial charge in [0.05, 0.1) is 24.5 Å². The Morgan fingerprint density at radius 3 is 2.89 bits per heavy atom. The van der Waals surface area contributed by atoms with Crippen LogP contribution in [-0.2, 0) is 4.74 Å². The Morgan fingerprint density at radius 1 is 1.44 bits per heavy atom. The lowest BCUT2D eigenvalue weighted by atomic mass is 9.98. The molecule has 1 saturated carbocycles. The number of hydrogen-bond acceptors (Lipinski definition) is 3. The van der Waals surface area contributed by atoms with Crippen molar-refractivity contribution in [3.63, 3.8) is 0 Å². The van der Waals surface area contributed by atoms with Crippen molar-refractivity contribution in [2.75, 3.05) is 13.2 Å². The predicted molar refractivity (Wildman–Crippen MR) is 68.9 cm³/mol. The molecule has 1 amide bonds. The van der Waals surface area contributed by atoms with E-state index in [2.05, 4.69) is 5.32 Å². The van der Waals surface area contributed by atoms with E-state index >= 15 is 0 Å². The summed E-state index contributed by atoms with van der Waals surface area (Å²) in [6.07, 6.45) is 7.87. The van der Waals surface area contributed by atoms with Crippen molar-refractivity contribution in [3.05, 3.63) is 23.1 Å². The van der Waals surface area contributed by atoms with E-state index in [1.165, 1.54) is 25.5 Å². The molecular formula is C13H18ClNO3. The molecule has 1 aliphatic rings. The number of nitrogens with one attached hydrogen (secondary N) is 1. The molecule has 0 radical (unpaired) electrons. The van der Waals surface area contributed by atoms with Gasteiger partial charge in [0.1, 0.15) is 0 Å². The Hall–Kier alpha value is -1.00. The lowest BCUT2D eigenvalue weighted by Crippen LogP contribution is -2.29. The standard InChI is InChI=1S/C13H18ClNO3/c14-12-11(6-8-18-12)13(16)15-7-9-17-10-4-2-1-3-5-10/h6,8,10H,1-5,7,9H2,(H,15,16). The number of furan rings is 1. The molecule has 1 aliphatic carbocycles. The van der Waals surface area contributed by atoms with E-state index in [0.29, 0.717) is 24.8 Å². The molecule has 0 aromatic carbocycles. The number of ether oxygens (including phenoxy) is 1. The van der Waals surface area contributed by atoms with Gasteiger partial charge >= 0.3 is 0 Å². The Bertz CT molecular complexity index is 385. The van der Waals surface area contributed by atoms with Gasteiger partial charge in [-0.05, 0) is 30.5 Å². The van der Waals surface area contributed by atoms with E-state index in [1.807, 2.05) is 0 Å². The van der Waals surface area contributed by atoms with Crippen LogP contribution < -0.4 is 5.32 Å². The molecule has 0 saturated heterocycles. The van der Waals surface area contributed by atoms with Gasteiger partial charge in [-0.25, -0.2) is 0 Å². The summed E-state index contributed by atoms with van der Waals surface area (Å²) in [4.78, 5) is 11.7. The molecule has 0 bridgehead atoms. The number of carbonyl (C=O) groups excluding carboxylic acids is 1. The van der Waals surface area contributed by atoms with Crippen LogP contribution in [0.25, 0.3) is 0 Å². The SMILES string of the molecule is O=C(NCCOC1CCCCC1)c1ccoc1Cl. The third kappa shape index (κ3) is 3.75. The van der Waals surface area contributed by atoms with Gasteiger partial charge in [-0.3, -0.25) is 4.79 Å². The summed E-state index contributed by atoms with van der Waals surface area (Å²) < 4.78 is 10.6. The first-order chi connectivity index (χ1) is 8.77. The van der Waals surface area contributed by atoms with Crippen LogP contribution in [0.5, 0.6) is 0 Å². The number of halogens is 1. The number of carbonyl (C=O) groups is 1. The lowest BCUT2D eigenvalue weighted by molar-refractivity contribution is 0.0299. The highest BCUT2D eigenvalue weighted by molar-refractivity contribution is 6.32. The van der Waals surface area contributed by atoms with Gasteiger partial charge in [-0.2, -0.15) is 0 Å². The van der Waals surface area contributed by atoms with Crippen molar-refractivity contribution < 1.29 is 13.9 Å². The number of hydrogen-bond donors (Lipinski definition) is 1. The Labute approximate surface area is 112 Å². The van der Waals surface area contributed by atoms with Crippen LogP contribution in [0.15, 0.2) is 16.7 Å². The predicted octanol–water partition coefficient (Wildman–Crippen LogP) is 3.01. The smallest absolute Gasteiger partial charge is 0.256 e. The molecule has 0 unspecified atom stereocenters. The van der Waals surface area contributed by atoms with Crippen LogP contribution in [0, 0.1) is 0 Å². The number of amides is 1. The fourth-order valence-electron chi connectivity index (χ4n) is 2.17. The molecule has 1 aromatic heterocycles. The minimum absolute atomic E-state index is 0.126. The highest BCUT2D eigenvalue weighted by atomic mass is 35.5. The van der Waals surface area contributed by atoms with Gasteiger partial charge in [-0.1, -0.05) is 19.3 Å². The van der Waals surface area contributed by atoms with Gasteiger partial charge in [0.2, 0.25) is 5.22 Å². The second kappa shape index (κ2) is 6.81. The molecule has 18 heavy (non-hydrogen) atoms. The van der Waals surface area contributed by atoms with E-state index < -0.39 is 0 Å². The Morgan fingerprint density at radius 2 is 2.22 bits per heavy atom. The molecule has 2 rings (SSSR count). The molecule has 1 N–H and O–H groups in total. The van der Waals surface area contributed by atoms with Crippen molar-refractivity contribution >= 4 is 17.5 Å². The van der Waals surface area contributed by atoms with Gasteiger partial charge in [-0.15, -0.1) is 0 Å². The molecule has 0 atom stereocenters. The second-order valence-corrected chi connectivity index (χ2v) is 4.84. The third-order valence-corrected chi connectivity index (χ3v) is 3.45. The lowest BCUT2D eigenvalue weighted by Gasteiger charge is -2.21. The summed E-state index contributed by atoms with van der Waals surface area (Å²) >= 11 is 5.71. The molecule has 5 heteroatoms. The maximum atomic E-state index is 11.7. The molecule has 4 nitrogen and oxygen atoms in total. The zero-order valence-corrected chi connectivity index (χ0v) is 11.0. The zero-order valence-electron chi connectivity index (χ0n) is 10.3. The van der Waals surface area contributed by atoms with Crippen molar-refractivity contribution in [2.24, 2.45) is 0 Å². The molecule has 0 spiro atoms. The van der Waals surface area contributed by atoms with Crippen LogP contribution in [0.2, 0.25) is 5.22 Å². The van der Waals surface area contributed by atoms with E-state index in [4.69, 9.17) is 20.8 Å². The summed E-state index contributed by atoms with van der Waals surface area (Å²) in [5.41, 5.74) is 0.370. The summed E-state index contributed by atoms with van der Waals surface area (Å²) in [5.74, 6) is -0.221. The van der Waals surface area contributed by atoms with Crippen molar-refractivity contribution in [1.82, 2.24) is 5.32 Å². The fraction of sp³-hybridized carbons (Fsp3) is 0.615. The molecule has 1 aromatic rings. The monoisotopic (exact) mass is 271 g/mol. The first kappa shape index (κ1) is 13.4. The molecule has 1 fully saturated rings. The van der Waals surface area contributed by atoms with Crippen LogP contribution >= 0.6 is 11.6 Å². The second-order valence-electron chi connectivity index (χ2n) is 4.49. The first-order valence-corrected chi connectivity index (χ1v) is 6.78. The molecule has 100 valence electrons. The first-order valence-electron chi connectivity index (χ1n) is 6.40. The molecular weight excluding hydrogens is 254 g/mol. The van der Waals surface area contributed by atoms with Crippen molar-refractivity contribution in [3.8, 4) is 0 Å². The van der Waals surface area contributed by atoms with Gasteiger partial charge in [0, 0.05) is 6.54 Å². The van der Waals surface area contributed by atoms with E-state index in [9.17, 15) is 4.79 Å². The van der Waals surface area contributed by atoms with Gasteiger partial charge < -0.3 is 14.5 Å². The van der Waals surface area contributed by atoms with Gasteiger partial charge in [0.15, 0.2) is 0 Å². The topological polar surface area (TPSA) is 51.5 Å². The zero-order chi connectivity index (χ0) is 12.8. The van der Waals surface area contributed by atoms with Crippen LogP contribution in [-0.4, -0.2) is 25.2 Å². The normalized spacial score (nSPS) is 16.7. The van der Waals surface area contributed by atoms with Crippen molar-refractivity contribution in [1.29, 1.82) is 0 Å². The van der Waals surface area contributed by atoms with Crippen LogP contribution in [0.4, 0.5) is 0 Å². The fourth-order valence-corrected chi connectivity index (χ4v) is 2.37. The minimum Gasteiger partial charge on any atom is -0.452 e. The Balaban J connectivity index is 1.63. The molecule has 1 heterocycles. The van der Waals surface area contributed by atoms with Gasteiger partial charge in [0.25, 0.3) is 5.91 Å².